The van der Waals surface area contributed by atoms with Gasteiger partial charge in [-0.2, -0.15) is 0 Å². The highest BCUT2D eigenvalue weighted by atomic mass is 16.6. The second-order valence-corrected chi connectivity index (χ2v) is 7.81. The molecule has 3 atom stereocenters. The van der Waals surface area contributed by atoms with Crippen molar-refractivity contribution in [3.05, 3.63) is 91.3 Å². The molecule has 3 unspecified atom stereocenters. The van der Waals surface area contributed by atoms with Crippen molar-refractivity contribution in [2.24, 2.45) is 0 Å². The molecular weight excluding hydrogens is 442 g/mol. The SMILES string of the molecule is C=C(C)C(=O)OCC(C)OCC(C)OCC(C)OC.C=Cc1ccccc1.C=Cc1ccncc1. The van der Waals surface area contributed by atoms with E-state index < -0.39 is 5.97 Å². The topological polar surface area (TPSA) is 66.9 Å². The largest absolute Gasteiger partial charge is 0.460 e. The monoisotopic (exact) mass is 483 g/mol. The van der Waals surface area contributed by atoms with E-state index in [2.05, 4.69) is 24.7 Å². The average Bonchev–Trinajstić information content (AvgIpc) is 2.90. The summed E-state index contributed by atoms with van der Waals surface area (Å²) in [5.74, 6) is -0.395. The van der Waals surface area contributed by atoms with Gasteiger partial charge in [0.15, 0.2) is 0 Å². The molecule has 0 N–H and O–H groups in total. The Bertz CT molecular complexity index is 795. The van der Waals surface area contributed by atoms with Crippen molar-refractivity contribution in [3.8, 4) is 0 Å². The van der Waals surface area contributed by atoms with E-state index in [-0.39, 0.29) is 24.9 Å². The quantitative estimate of drug-likeness (QED) is 0.272. The number of hydrogen-bond donors (Lipinski definition) is 0. The van der Waals surface area contributed by atoms with E-state index in [0.29, 0.717) is 18.8 Å². The summed E-state index contributed by atoms with van der Waals surface area (Å²) in [4.78, 5) is 15.0. The molecule has 1 aromatic carbocycles. The van der Waals surface area contributed by atoms with E-state index in [4.69, 9.17) is 18.9 Å². The minimum Gasteiger partial charge on any atom is -0.460 e. The molecule has 6 nitrogen and oxygen atoms in total. The number of aromatic nitrogens is 1. The molecular formula is C29H41NO5. The zero-order valence-electron chi connectivity index (χ0n) is 21.8. The van der Waals surface area contributed by atoms with E-state index in [1.807, 2.05) is 69.3 Å². The molecule has 0 aliphatic rings. The summed E-state index contributed by atoms with van der Waals surface area (Å²) < 4.78 is 21.1. The summed E-state index contributed by atoms with van der Waals surface area (Å²) in [6, 6.07) is 13.8. The molecule has 0 amide bonds. The minimum atomic E-state index is -0.395. The number of hydrogen-bond acceptors (Lipinski definition) is 6. The average molecular weight is 484 g/mol. The van der Waals surface area contributed by atoms with Crippen molar-refractivity contribution in [1.29, 1.82) is 0 Å². The number of methoxy groups -OCH3 is 1. The van der Waals surface area contributed by atoms with Crippen molar-refractivity contribution in [2.45, 2.75) is 46.0 Å². The van der Waals surface area contributed by atoms with Crippen LogP contribution in [0.25, 0.3) is 12.2 Å². The van der Waals surface area contributed by atoms with Crippen LogP contribution < -0.4 is 0 Å². The van der Waals surface area contributed by atoms with Crippen molar-refractivity contribution < 1.29 is 23.7 Å². The summed E-state index contributed by atoms with van der Waals surface area (Å²) in [5.41, 5.74) is 2.67. The molecule has 1 heterocycles. The summed E-state index contributed by atoms with van der Waals surface area (Å²) in [6.45, 7) is 19.3. The van der Waals surface area contributed by atoms with Crippen molar-refractivity contribution in [1.82, 2.24) is 4.98 Å². The Hall–Kier alpha value is -3.06. The van der Waals surface area contributed by atoms with Gasteiger partial charge in [0.2, 0.25) is 0 Å². The Labute approximate surface area is 211 Å². The van der Waals surface area contributed by atoms with Crippen LogP contribution in [0.2, 0.25) is 0 Å². The smallest absolute Gasteiger partial charge is 0.333 e. The maximum atomic E-state index is 11.2. The molecule has 0 radical (unpaired) electrons. The molecule has 2 aromatic rings. The van der Waals surface area contributed by atoms with Crippen molar-refractivity contribution in [3.63, 3.8) is 0 Å². The third-order valence-electron chi connectivity index (χ3n) is 4.41. The molecule has 0 aliphatic heterocycles. The van der Waals surface area contributed by atoms with E-state index in [9.17, 15) is 4.79 Å². The summed E-state index contributed by atoms with van der Waals surface area (Å²) in [7, 11) is 1.65. The number of carbonyl (C=O) groups excluding carboxylic acids is 1. The minimum absolute atomic E-state index is 0.0307. The molecule has 0 bridgehead atoms. The lowest BCUT2D eigenvalue weighted by atomic mass is 10.2. The van der Waals surface area contributed by atoms with Crippen LogP contribution in [0.15, 0.2) is 80.2 Å². The van der Waals surface area contributed by atoms with Crippen LogP contribution in [-0.2, 0) is 23.7 Å². The highest BCUT2D eigenvalue weighted by Crippen LogP contribution is 2.01. The van der Waals surface area contributed by atoms with Gasteiger partial charge in [-0.3, -0.25) is 4.98 Å². The van der Waals surface area contributed by atoms with Gasteiger partial charge in [-0.25, -0.2) is 4.79 Å². The molecule has 0 spiro atoms. The van der Waals surface area contributed by atoms with Gasteiger partial charge in [0.25, 0.3) is 0 Å². The van der Waals surface area contributed by atoms with Crippen LogP contribution in [0.3, 0.4) is 0 Å². The van der Waals surface area contributed by atoms with Crippen LogP contribution in [-0.4, -0.2) is 56.2 Å². The van der Waals surface area contributed by atoms with Crippen molar-refractivity contribution in [2.75, 3.05) is 26.9 Å². The lowest BCUT2D eigenvalue weighted by molar-refractivity contribution is -0.144. The predicted molar refractivity (Wildman–Crippen MR) is 144 cm³/mol. The number of nitrogens with zero attached hydrogens (tertiary/aromatic N) is 1. The second kappa shape index (κ2) is 20.3. The van der Waals surface area contributed by atoms with E-state index >= 15 is 0 Å². The Morgan fingerprint density at radius 3 is 1.77 bits per heavy atom. The molecule has 0 aliphatic carbocycles. The molecule has 0 saturated carbocycles. The zero-order valence-corrected chi connectivity index (χ0v) is 21.8. The van der Waals surface area contributed by atoms with E-state index in [0.717, 1.165) is 5.56 Å². The Kier molecular flexibility index (Phi) is 18.5. The van der Waals surface area contributed by atoms with Gasteiger partial charge in [-0.1, -0.05) is 62.2 Å². The summed E-state index contributed by atoms with van der Waals surface area (Å²) in [5, 5.41) is 0. The first-order valence-corrected chi connectivity index (χ1v) is 11.5. The molecule has 1 aromatic heterocycles. The normalized spacial score (nSPS) is 12.4. The Balaban J connectivity index is 0.000000584. The predicted octanol–water partition coefficient (Wildman–Crippen LogP) is 6.01. The fourth-order valence-electron chi connectivity index (χ4n) is 2.17. The molecule has 0 saturated heterocycles. The third-order valence-corrected chi connectivity index (χ3v) is 4.41. The molecule has 192 valence electrons. The highest BCUT2D eigenvalue weighted by molar-refractivity contribution is 5.86. The number of benzene rings is 1. The zero-order chi connectivity index (χ0) is 26.5. The first-order chi connectivity index (χ1) is 16.7. The lowest BCUT2D eigenvalue weighted by Crippen LogP contribution is -2.27. The van der Waals surface area contributed by atoms with Crippen molar-refractivity contribution >= 4 is 18.1 Å². The first-order valence-electron chi connectivity index (χ1n) is 11.5. The number of carbonyl (C=O) groups is 1. The molecule has 35 heavy (non-hydrogen) atoms. The van der Waals surface area contributed by atoms with Gasteiger partial charge in [0.1, 0.15) is 6.61 Å². The van der Waals surface area contributed by atoms with Gasteiger partial charge < -0.3 is 18.9 Å². The number of rotatable bonds is 12. The number of pyridine rings is 1. The number of esters is 1. The van der Waals surface area contributed by atoms with Gasteiger partial charge in [0, 0.05) is 25.1 Å². The standard InChI is InChI=1S/C14H26O5.C8H8.C7H7N/c1-10(2)14(15)19-9-13(5)18-8-12(4)17-7-11(3)16-6;1-2-8-6-4-3-5-7-8;1-2-7-3-5-8-6-4-7/h11-13H,1,7-9H2,2-6H3;2-7H,1H2;2-6H,1H2. The molecule has 0 fully saturated rings. The Morgan fingerprint density at radius 1 is 0.857 bits per heavy atom. The van der Waals surface area contributed by atoms with Gasteiger partial charge in [0.05, 0.1) is 31.5 Å². The Morgan fingerprint density at radius 2 is 1.34 bits per heavy atom. The number of ether oxygens (including phenoxy) is 4. The van der Waals surface area contributed by atoms with Gasteiger partial charge in [-0.05, 0) is 51.0 Å². The summed E-state index contributed by atoms with van der Waals surface area (Å²) in [6.07, 6.45) is 6.98. The van der Waals surface area contributed by atoms with Gasteiger partial charge in [-0.15, -0.1) is 0 Å². The summed E-state index contributed by atoms with van der Waals surface area (Å²) >= 11 is 0. The highest BCUT2D eigenvalue weighted by Gasteiger charge is 2.11. The maximum Gasteiger partial charge on any atom is 0.333 e. The second-order valence-electron chi connectivity index (χ2n) is 7.81. The van der Waals surface area contributed by atoms with Crippen LogP contribution in [0.5, 0.6) is 0 Å². The van der Waals surface area contributed by atoms with Gasteiger partial charge >= 0.3 is 5.97 Å². The fraction of sp³-hybridized carbons (Fsp3) is 0.379. The van der Waals surface area contributed by atoms with E-state index in [1.165, 1.54) is 5.56 Å². The van der Waals surface area contributed by atoms with Crippen LogP contribution in [0.1, 0.15) is 38.8 Å². The van der Waals surface area contributed by atoms with Crippen LogP contribution in [0, 0.1) is 0 Å². The van der Waals surface area contributed by atoms with E-state index in [1.54, 1.807) is 32.5 Å². The fourth-order valence-corrected chi connectivity index (χ4v) is 2.17. The molecule has 6 heteroatoms. The lowest BCUT2D eigenvalue weighted by Gasteiger charge is -2.19. The van der Waals surface area contributed by atoms with Crippen LogP contribution >= 0.6 is 0 Å². The van der Waals surface area contributed by atoms with Crippen LogP contribution in [0.4, 0.5) is 0 Å². The first kappa shape index (κ1) is 31.9. The maximum absolute atomic E-state index is 11.2. The third kappa shape index (κ3) is 18.0. The molecule has 2 rings (SSSR count).